The molecule has 0 aliphatic carbocycles. The summed E-state index contributed by atoms with van der Waals surface area (Å²) >= 11 is 1.24. The first kappa shape index (κ1) is 19.9. The van der Waals surface area contributed by atoms with Gasteiger partial charge in [-0.2, -0.15) is 0 Å². The molecule has 0 fully saturated rings. The molecule has 0 spiro atoms. The van der Waals surface area contributed by atoms with E-state index in [0.717, 1.165) is 17.7 Å². The van der Waals surface area contributed by atoms with E-state index < -0.39 is 0 Å². The van der Waals surface area contributed by atoms with Gasteiger partial charge in [-0.05, 0) is 40.8 Å². The third kappa shape index (κ3) is 4.60. The Bertz CT molecular complexity index is 1050. The van der Waals surface area contributed by atoms with Crippen LogP contribution in [-0.2, 0) is 11.8 Å². The van der Waals surface area contributed by atoms with Crippen LogP contribution in [0.25, 0.3) is 0 Å². The second-order valence-electron chi connectivity index (χ2n) is 6.70. The number of benzene rings is 2. The highest BCUT2D eigenvalue weighted by molar-refractivity contribution is 7.99. The fraction of sp³-hybridized carbons (Fsp3) is 0.250. The molecule has 30 heavy (non-hydrogen) atoms. The van der Waals surface area contributed by atoms with Gasteiger partial charge in [-0.15, -0.1) is 5.10 Å². The standard InChI is InChI=1S/C20H20N6O3S/c1-26-20(23-24-25-26)30-12-18(27)21-14-8-6-13(7-9-14)19(28)22-16-10-11-29-17-5-3-2-4-15(16)17/h2-9,16H,10-12H2,1H3,(H,21,27)(H,22,28)/t16-/m1/s1. The number of tetrazole rings is 1. The first-order valence-corrected chi connectivity index (χ1v) is 10.4. The number of amides is 2. The summed E-state index contributed by atoms with van der Waals surface area (Å²) in [6, 6.07) is 14.4. The minimum absolute atomic E-state index is 0.0889. The van der Waals surface area contributed by atoms with Crippen molar-refractivity contribution in [3.8, 4) is 5.75 Å². The van der Waals surface area contributed by atoms with Gasteiger partial charge < -0.3 is 15.4 Å². The van der Waals surface area contributed by atoms with E-state index >= 15 is 0 Å². The minimum atomic E-state index is -0.181. The molecule has 2 N–H and O–H groups in total. The largest absolute Gasteiger partial charge is 0.493 e. The van der Waals surface area contributed by atoms with Crippen molar-refractivity contribution in [1.82, 2.24) is 25.5 Å². The van der Waals surface area contributed by atoms with Gasteiger partial charge in [0.1, 0.15) is 5.75 Å². The molecule has 4 rings (SSSR count). The number of rotatable bonds is 6. The van der Waals surface area contributed by atoms with Crippen molar-refractivity contribution >= 4 is 29.3 Å². The molecule has 0 radical (unpaired) electrons. The second kappa shape index (κ2) is 8.95. The Balaban J connectivity index is 1.32. The summed E-state index contributed by atoms with van der Waals surface area (Å²) in [6.07, 6.45) is 0.718. The van der Waals surface area contributed by atoms with E-state index in [1.807, 2.05) is 24.3 Å². The lowest BCUT2D eigenvalue weighted by Crippen LogP contribution is -2.32. The van der Waals surface area contributed by atoms with Gasteiger partial charge in [0.25, 0.3) is 5.91 Å². The lowest BCUT2D eigenvalue weighted by molar-refractivity contribution is -0.113. The molecule has 1 aliphatic heterocycles. The molecule has 0 saturated heterocycles. The van der Waals surface area contributed by atoms with E-state index in [1.54, 1.807) is 31.3 Å². The van der Waals surface area contributed by atoms with Crippen LogP contribution in [0.15, 0.2) is 53.7 Å². The Morgan fingerprint density at radius 1 is 1.20 bits per heavy atom. The SMILES string of the molecule is Cn1nnnc1SCC(=O)Nc1ccc(C(=O)N[C@@H]2CCOc3ccccc32)cc1. The van der Waals surface area contributed by atoms with Crippen molar-refractivity contribution in [2.45, 2.75) is 17.6 Å². The highest BCUT2D eigenvalue weighted by Crippen LogP contribution is 2.31. The Kier molecular flexibility index (Phi) is 5.94. The lowest BCUT2D eigenvalue weighted by Gasteiger charge is -2.26. The maximum atomic E-state index is 12.7. The van der Waals surface area contributed by atoms with Crippen LogP contribution in [0.2, 0.25) is 0 Å². The van der Waals surface area contributed by atoms with Gasteiger partial charge in [0.2, 0.25) is 11.1 Å². The Labute approximate surface area is 177 Å². The Morgan fingerprint density at radius 3 is 2.77 bits per heavy atom. The van der Waals surface area contributed by atoms with Gasteiger partial charge in [-0.1, -0.05) is 30.0 Å². The molecule has 9 nitrogen and oxygen atoms in total. The van der Waals surface area contributed by atoms with Gasteiger partial charge in [0.05, 0.1) is 18.4 Å². The summed E-state index contributed by atoms with van der Waals surface area (Å²) in [6.45, 7) is 0.565. The third-order valence-corrected chi connectivity index (χ3v) is 5.62. The fourth-order valence-electron chi connectivity index (χ4n) is 3.11. The molecule has 0 saturated carbocycles. The van der Waals surface area contributed by atoms with Gasteiger partial charge in [-0.25, -0.2) is 4.68 Å². The smallest absolute Gasteiger partial charge is 0.251 e. The number of ether oxygens (including phenoxy) is 1. The molecule has 0 bridgehead atoms. The molecule has 1 aliphatic rings. The van der Waals surface area contributed by atoms with Crippen molar-refractivity contribution in [2.75, 3.05) is 17.7 Å². The topological polar surface area (TPSA) is 111 Å². The summed E-state index contributed by atoms with van der Waals surface area (Å²) in [5, 5.41) is 17.5. The van der Waals surface area contributed by atoms with Crippen LogP contribution in [-0.4, -0.2) is 44.4 Å². The molecule has 2 amide bonds. The van der Waals surface area contributed by atoms with E-state index in [2.05, 4.69) is 26.2 Å². The monoisotopic (exact) mass is 424 g/mol. The van der Waals surface area contributed by atoms with Crippen molar-refractivity contribution in [3.05, 3.63) is 59.7 Å². The van der Waals surface area contributed by atoms with E-state index in [9.17, 15) is 9.59 Å². The molecule has 10 heteroatoms. The molecule has 0 unspecified atom stereocenters. The van der Waals surface area contributed by atoms with E-state index in [0.29, 0.717) is 23.0 Å². The number of carbonyl (C=O) groups is 2. The zero-order valence-electron chi connectivity index (χ0n) is 16.2. The average Bonchev–Trinajstić information content (AvgIpc) is 3.18. The molecule has 2 heterocycles. The molecule has 1 atom stereocenters. The number of aromatic nitrogens is 4. The summed E-state index contributed by atoms with van der Waals surface area (Å²) < 4.78 is 7.14. The lowest BCUT2D eigenvalue weighted by atomic mass is 10.00. The zero-order valence-corrected chi connectivity index (χ0v) is 17.1. The third-order valence-electron chi connectivity index (χ3n) is 4.61. The summed E-state index contributed by atoms with van der Waals surface area (Å²) in [4.78, 5) is 24.8. The second-order valence-corrected chi connectivity index (χ2v) is 7.64. The number of nitrogens with one attached hydrogen (secondary N) is 2. The zero-order chi connectivity index (χ0) is 20.9. The number of aryl methyl sites for hydroxylation is 1. The first-order chi connectivity index (χ1) is 14.6. The number of fused-ring (bicyclic) bond motifs is 1. The molecule has 1 aromatic heterocycles. The van der Waals surface area contributed by atoms with Gasteiger partial charge >= 0.3 is 0 Å². The van der Waals surface area contributed by atoms with Gasteiger partial charge in [-0.3, -0.25) is 9.59 Å². The highest BCUT2D eigenvalue weighted by Gasteiger charge is 2.23. The highest BCUT2D eigenvalue weighted by atomic mass is 32.2. The van der Waals surface area contributed by atoms with Gasteiger partial charge in [0, 0.05) is 30.3 Å². The molecular weight excluding hydrogens is 404 g/mol. The van der Waals surface area contributed by atoms with Crippen LogP contribution < -0.4 is 15.4 Å². The van der Waals surface area contributed by atoms with Crippen LogP contribution in [0, 0.1) is 0 Å². The van der Waals surface area contributed by atoms with Crippen LogP contribution >= 0.6 is 11.8 Å². The predicted molar refractivity (Wildman–Crippen MR) is 111 cm³/mol. The first-order valence-electron chi connectivity index (χ1n) is 9.38. The number of anilines is 1. The van der Waals surface area contributed by atoms with E-state index in [-0.39, 0.29) is 23.6 Å². The maximum Gasteiger partial charge on any atom is 0.251 e. The fourth-order valence-corrected chi connectivity index (χ4v) is 3.76. The Morgan fingerprint density at radius 2 is 2.00 bits per heavy atom. The Hall–Kier alpha value is -3.40. The number of para-hydroxylation sites is 1. The minimum Gasteiger partial charge on any atom is -0.493 e. The molecular formula is C20H20N6O3S. The number of hydrogen-bond donors (Lipinski definition) is 2. The summed E-state index contributed by atoms with van der Waals surface area (Å²) in [5.74, 6) is 0.639. The maximum absolute atomic E-state index is 12.7. The number of carbonyl (C=O) groups excluding carboxylic acids is 2. The summed E-state index contributed by atoms with van der Waals surface area (Å²) in [5.41, 5.74) is 2.12. The van der Waals surface area contributed by atoms with Crippen molar-refractivity contribution < 1.29 is 14.3 Å². The van der Waals surface area contributed by atoms with Gasteiger partial charge in [0.15, 0.2) is 0 Å². The van der Waals surface area contributed by atoms with Crippen LogP contribution in [0.1, 0.15) is 28.4 Å². The quantitative estimate of drug-likeness (QED) is 0.584. The number of thioether (sulfide) groups is 1. The van der Waals surface area contributed by atoms with Crippen LogP contribution in [0.3, 0.4) is 0 Å². The van der Waals surface area contributed by atoms with Crippen molar-refractivity contribution in [1.29, 1.82) is 0 Å². The average molecular weight is 424 g/mol. The molecule has 3 aromatic rings. The summed E-state index contributed by atoms with van der Waals surface area (Å²) in [7, 11) is 1.71. The number of hydrogen-bond acceptors (Lipinski definition) is 7. The van der Waals surface area contributed by atoms with Crippen LogP contribution in [0.5, 0.6) is 5.75 Å². The van der Waals surface area contributed by atoms with Crippen molar-refractivity contribution in [3.63, 3.8) is 0 Å². The molecule has 2 aromatic carbocycles. The normalized spacial score (nSPS) is 15.0. The van der Waals surface area contributed by atoms with Crippen LogP contribution in [0.4, 0.5) is 5.69 Å². The van der Waals surface area contributed by atoms with E-state index in [4.69, 9.17) is 4.74 Å². The molecule has 154 valence electrons. The van der Waals surface area contributed by atoms with E-state index in [1.165, 1.54) is 16.4 Å². The van der Waals surface area contributed by atoms with Crippen molar-refractivity contribution in [2.24, 2.45) is 7.05 Å². The number of nitrogens with zero attached hydrogens (tertiary/aromatic N) is 4. The predicted octanol–water partition coefficient (Wildman–Crippen LogP) is 2.19.